The summed E-state index contributed by atoms with van der Waals surface area (Å²) in [5.74, 6) is 0.0628. The van der Waals surface area contributed by atoms with Crippen LogP contribution in [-0.4, -0.2) is 28.6 Å². The van der Waals surface area contributed by atoms with E-state index < -0.39 is 16.0 Å². The lowest BCUT2D eigenvalue weighted by atomic mass is 10.1. The van der Waals surface area contributed by atoms with Gasteiger partial charge in [0, 0.05) is 0 Å². The first kappa shape index (κ1) is 18.5. The van der Waals surface area contributed by atoms with E-state index in [9.17, 15) is 13.2 Å². The van der Waals surface area contributed by atoms with Gasteiger partial charge in [0.1, 0.15) is 5.75 Å². The van der Waals surface area contributed by atoms with Gasteiger partial charge in [0.2, 0.25) is 0 Å². The molecule has 0 unspecified atom stereocenters. The molecule has 2 aromatic carbocycles. The molecule has 6 nitrogen and oxygen atoms in total. The summed E-state index contributed by atoms with van der Waals surface area (Å²) < 4.78 is 38.1. The standard InChI is InChI=1S/C16H16INO5S/c1-10-4-5-11(16(19)23-3)8-14(10)18-24(20,21)12-6-7-15(22-2)13(17)9-12/h4-9,18H,1-3H3. The van der Waals surface area contributed by atoms with Gasteiger partial charge < -0.3 is 9.47 Å². The summed E-state index contributed by atoms with van der Waals surface area (Å²) in [6.07, 6.45) is 0. The highest BCUT2D eigenvalue weighted by Crippen LogP contribution is 2.26. The Hall–Kier alpha value is -1.81. The minimum absolute atomic E-state index is 0.107. The van der Waals surface area contributed by atoms with Crippen molar-refractivity contribution in [1.82, 2.24) is 0 Å². The lowest BCUT2D eigenvalue weighted by molar-refractivity contribution is 0.0601. The molecule has 0 saturated carbocycles. The number of ether oxygens (including phenoxy) is 2. The predicted molar refractivity (Wildman–Crippen MR) is 99.0 cm³/mol. The van der Waals surface area contributed by atoms with Gasteiger partial charge in [-0.3, -0.25) is 4.72 Å². The molecule has 0 saturated heterocycles. The predicted octanol–water partition coefficient (Wildman–Crippen LogP) is 3.20. The molecule has 0 aliphatic rings. The van der Waals surface area contributed by atoms with E-state index in [2.05, 4.69) is 9.46 Å². The van der Waals surface area contributed by atoms with Crippen LogP contribution in [-0.2, 0) is 14.8 Å². The molecule has 0 aliphatic heterocycles. The van der Waals surface area contributed by atoms with Gasteiger partial charge in [0.25, 0.3) is 10.0 Å². The van der Waals surface area contributed by atoms with Gasteiger partial charge in [-0.1, -0.05) is 6.07 Å². The summed E-state index contributed by atoms with van der Waals surface area (Å²) in [6, 6.07) is 9.25. The summed E-state index contributed by atoms with van der Waals surface area (Å²) in [7, 11) is -1.01. The molecule has 2 aromatic rings. The summed E-state index contributed by atoms with van der Waals surface area (Å²) in [5, 5.41) is 0. The maximum absolute atomic E-state index is 12.6. The number of aryl methyl sites for hydroxylation is 1. The van der Waals surface area contributed by atoms with Crippen LogP contribution in [0, 0.1) is 10.5 Å². The highest BCUT2D eigenvalue weighted by atomic mass is 127. The van der Waals surface area contributed by atoms with E-state index in [1.807, 2.05) is 22.6 Å². The van der Waals surface area contributed by atoms with E-state index in [1.54, 1.807) is 25.1 Å². The number of hydrogen-bond acceptors (Lipinski definition) is 5. The van der Waals surface area contributed by atoms with E-state index in [-0.39, 0.29) is 10.5 Å². The topological polar surface area (TPSA) is 81.7 Å². The third-order valence-corrected chi connectivity index (χ3v) is 5.54. The van der Waals surface area contributed by atoms with Gasteiger partial charge in [-0.15, -0.1) is 0 Å². The smallest absolute Gasteiger partial charge is 0.337 e. The molecule has 24 heavy (non-hydrogen) atoms. The van der Waals surface area contributed by atoms with Gasteiger partial charge in [0.05, 0.1) is 33.9 Å². The van der Waals surface area contributed by atoms with Crippen molar-refractivity contribution in [2.45, 2.75) is 11.8 Å². The number of sulfonamides is 1. The molecule has 0 amide bonds. The van der Waals surface area contributed by atoms with E-state index in [4.69, 9.17) is 4.74 Å². The lowest BCUT2D eigenvalue weighted by Gasteiger charge is -2.13. The second kappa shape index (κ2) is 7.39. The molecule has 0 bridgehead atoms. The van der Waals surface area contributed by atoms with Gasteiger partial charge in [-0.05, 0) is 65.4 Å². The summed E-state index contributed by atoms with van der Waals surface area (Å²) >= 11 is 2.00. The molecule has 8 heteroatoms. The number of anilines is 1. The van der Waals surface area contributed by atoms with Gasteiger partial charge in [-0.2, -0.15) is 0 Å². The van der Waals surface area contributed by atoms with Crippen LogP contribution in [0.2, 0.25) is 0 Å². The molecular weight excluding hydrogens is 445 g/mol. The zero-order valence-electron chi connectivity index (χ0n) is 13.3. The van der Waals surface area contributed by atoms with Gasteiger partial charge in [0.15, 0.2) is 0 Å². The van der Waals surface area contributed by atoms with Crippen molar-refractivity contribution in [1.29, 1.82) is 0 Å². The van der Waals surface area contributed by atoms with Crippen molar-refractivity contribution < 1.29 is 22.7 Å². The Balaban J connectivity index is 2.39. The van der Waals surface area contributed by atoms with E-state index in [1.165, 1.54) is 32.4 Å². The molecular formula is C16H16INO5S. The highest BCUT2D eigenvalue weighted by Gasteiger charge is 2.18. The van der Waals surface area contributed by atoms with Crippen LogP contribution in [0.15, 0.2) is 41.3 Å². The van der Waals surface area contributed by atoms with Gasteiger partial charge in [-0.25, -0.2) is 13.2 Å². The Morgan fingerprint density at radius 2 is 1.83 bits per heavy atom. The fourth-order valence-corrected chi connectivity index (χ4v) is 4.09. The van der Waals surface area contributed by atoms with Crippen LogP contribution >= 0.6 is 22.6 Å². The van der Waals surface area contributed by atoms with Crippen molar-refractivity contribution in [3.63, 3.8) is 0 Å². The van der Waals surface area contributed by atoms with Crippen molar-refractivity contribution in [2.24, 2.45) is 0 Å². The highest BCUT2D eigenvalue weighted by molar-refractivity contribution is 14.1. The number of esters is 1. The van der Waals surface area contributed by atoms with E-state index >= 15 is 0 Å². The second-order valence-electron chi connectivity index (χ2n) is 4.92. The Kier molecular flexibility index (Phi) is 5.70. The molecule has 0 aromatic heterocycles. The van der Waals surface area contributed by atoms with Crippen LogP contribution < -0.4 is 9.46 Å². The van der Waals surface area contributed by atoms with Crippen LogP contribution in [0.1, 0.15) is 15.9 Å². The van der Waals surface area contributed by atoms with Crippen molar-refractivity contribution >= 4 is 44.3 Å². The van der Waals surface area contributed by atoms with Gasteiger partial charge >= 0.3 is 5.97 Å². The normalized spacial score (nSPS) is 11.0. The number of rotatable bonds is 5. The van der Waals surface area contributed by atoms with Crippen LogP contribution in [0.5, 0.6) is 5.75 Å². The number of benzene rings is 2. The first-order chi connectivity index (χ1) is 11.3. The Labute approximate surface area is 154 Å². The number of hydrogen-bond donors (Lipinski definition) is 1. The number of carbonyl (C=O) groups is 1. The maximum atomic E-state index is 12.6. The monoisotopic (exact) mass is 461 g/mol. The average Bonchev–Trinajstić information content (AvgIpc) is 2.55. The molecule has 0 atom stereocenters. The molecule has 128 valence electrons. The Morgan fingerprint density at radius 3 is 2.42 bits per heavy atom. The number of methoxy groups -OCH3 is 2. The number of halogens is 1. The third-order valence-electron chi connectivity index (χ3n) is 3.34. The molecule has 0 heterocycles. The van der Waals surface area contributed by atoms with Crippen molar-refractivity contribution in [3.05, 3.63) is 51.1 Å². The average molecular weight is 461 g/mol. The third kappa shape index (κ3) is 3.99. The van der Waals surface area contributed by atoms with Crippen molar-refractivity contribution in [3.8, 4) is 5.75 Å². The second-order valence-corrected chi connectivity index (χ2v) is 7.77. The fourth-order valence-electron chi connectivity index (χ4n) is 1.99. The fraction of sp³-hybridized carbons (Fsp3) is 0.188. The van der Waals surface area contributed by atoms with E-state index in [0.717, 1.165) is 0 Å². The maximum Gasteiger partial charge on any atom is 0.337 e. The number of carbonyl (C=O) groups excluding carboxylic acids is 1. The first-order valence-corrected chi connectivity index (χ1v) is 9.40. The lowest BCUT2D eigenvalue weighted by Crippen LogP contribution is -2.15. The first-order valence-electron chi connectivity index (χ1n) is 6.84. The molecule has 2 rings (SSSR count). The molecule has 0 spiro atoms. The van der Waals surface area contributed by atoms with Crippen molar-refractivity contribution in [2.75, 3.05) is 18.9 Å². The zero-order valence-corrected chi connectivity index (χ0v) is 16.3. The van der Waals surface area contributed by atoms with E-state index in [0.29, 0.717) is 20.6 Å². The largest absolute Gasteiger partial charge is 0.496 e. The van der Waals surface area contributed by atoms with Crippen LogP contribution in [0.25, 0.3) is 0 Å². The number of nitrogens with one attached hydrogen (secondary N) is 1. The zero-order chi connectivity index (χ0) is 17.9. The molecule has 0 aliphatic carbocycles. The molecule has 0 radical (unpaired) electrons. The summed E-state index contributed by atoms with van der Waals surface area (Å²) in [4.78, 5) is 11.7. The molecule has 1 N–H and O–H groups in total. The Morgan fingerprint density at radius 1 is 1.12 bits per heavy atom. The minimum Gasteiger partial charge on any atom is -0.496 e. The summed E-state index contributed by atoms with van der Waals surface area (Å²) in [6.45, 7) is 1.75. The summed E-state index contributed by atoms with van der Waals surface area (Å²) in [5.41, 5.74) is 1.28. The Bertz CT molecular complexity index is 880. The quantitative estimate of drug-likeness (QED) is 0.547. The molecule has 0 fully saturated rings. The van der Waals surface area contributed by atoms with Crippen LogP contribution in [0.4, 0.5) is 5.69 Å². The SMILES string of the molecule is COC(=O)c1ccc(C)c(NS(=O)(=O)c2ccc(OC)c(I)c2)c1. The minimum atomic E-state index is -3.79. The van der Waals surface area contributed by atoms with Crippen LogP contribution in [0.3, 0.4) is 0 Å².